The first kappa shape index (κ1) is 17.3. The van der Waals surface area contributed by atoms with Crippen LogP contribution in [0.3, 0.4) is 0 Å². The Morgan fingerprint density at radius 3 is 2.80 bits per heavy atom. The summed E-state index contributed by atoms with van der Waals surface area (Å²) in [6, 6.07) is 14.2. The zero-order valence-electron chi connectivity index (χ0n) is 13.1. The summed E-state index contributed by atoms with van der Waals surface area (Å²) in [5, 5.41) is 4.05. The lowest BCUT2D eigenvalue weighted by molar-refractivity contribution is 0.102. The van der Waals surface area contributed by atoms with Crippen molar-refractivity contribution >= 4 is 40.8 Å². The number of anilines is 2. The number of carbonyl (C=O) groups excluding carboxylic acids is 1. The summed E-state index contributed by atoms with van der Waals surface area (Å²) in [5.41, 5.74) is 7.86. The van der Waals surface area contributed by atoms with Gasteiger partial charge in [-0.25, -0.2) is 9.97 Å². The van der Waals surface area contributed by atoms with Crippen LogP contribution in [0.2, 0.25) is 5.02 Å². The maximum Gasteiger partial charge on any atom is 0.258 e. The predicted molar refractivity (Wildman–Crippen MR) is 102 cm³/mol. The lowest BCUT2D eigenvalue weighted by atomic mass is 10.2. The molecule has 5 nitrogen and oxygen atoms in total. The summed E-state index contributed by atoms with van der Waals surface area (Å²) in [6.45, 7) is 0. The quantitative estimate of drug-likeness (QED) is 0.656. The molecule has 1 amide bonds. The molecule has 0 unspecified atom stereocenters. The average molecular weight is 371 g/mol. The van der Waals surface area contributed by atoms with E-state index in [2.05, 4.69) is 15.3 Å². The van der Waals surface area contributed by atoms with Crippen molar-refractivity contribution in [1.82, 2.24) is 9.97 Å². The van der Waals surface area contributed by atoms with Gasteiger partial charge >= 0.3 is 0 Å². The first-order chi connectivity index (χ1) is 12.1. The molecule has 0 atom stereocenters. The summed E-state index contributed by atoms with van der Waals surface area (Å²) < 4.78 is 0. The van der Waals surface area contributed by atoms with Crippen molar-refractivity contribution in [2.24, 2.45) is 0 Å². The van der Waals surface area contributed by atoms with Crippen molar-refractivity contribution in [2.75, 3.05) is 11.1 Å². The van der Waals surface area contributed by atoms with Gasteiger partial charge in [0.15, 0.2) is 0 Å². The third kappa shape index (κ3) is 4.71. The van der Waals surface area contributed by atoms with Crippen LogP contribution in [0.25, 0.3) is 0 Å². The van der Waals surface area contributed by atoms with Gasteiger partial charge in [-0.3, -0.25) is 4.79 Å². The van der Waals surface area contributed by atoms with Gasteiger partial charge in [0.2, 0.25) is 0 Å². The Labute approximate surface area is 154 Å². The zero-order valence-corrected chi connectivity index (χ0v) is 14.7. The van der Waals surface area contributed by atoms with Gasteiger partial charge in [-0.2, -0.15) is 0 Å². The van der Waals surface area contributed by atoms with Gasteiger partial charge < -0.3 is 11.1 Å². The Kier molecular flexibility index (Phi) is 5.53. The average Bonchev–Trinajstić information content (AvgIpc) is 2.60. The molecule has 25 heavy (non-hydrogen) atoms. The predicted octanol–water partition coefficient (Wildman–Crippen LogP) is 4.26. The van der Waals surface area contributed by atoms with Crippen LogP contribution in [-0.2, 0) is 5.75 Å². The minimum absolute atomic E-state index is 0.230. The van der Waals surface area contributed by atoms with E-state index in [4.69, 9.17) is 17.3 Å². The number of thioether (sulfide) groups is 1. The number of nitrogens with zero attached hydrogens (tertiary/aromatic N) is 2. The number of amides is 1. The molecule has 2 aromatic heterocycles. The van der Waals surface area contributed by atoms with Crippen LogP contribution in [0.1, 0.15) is 15.9 Å². The number of nitrogen functional groups attached to an aromatic ring is 1. The van der Waals surface area contributed by atoms with Gasteiger partial charge in [-0.1, -0.05) is 17.7 Å². The molecular weight excluding hydrogens is 356 g/mol. The molecule has 0 radical (unpaired) electrons. The molecule has 0 saturated heterocycles. The molecule has 0 fully saturated rings. The summed E-state index contributed by atoms with van der Waals surface area (Å²) in [7, 11) is 0. The van der Waals surface area contributed by atoms with E-state index in [-0.39, 0.29) is 5.91 Å². The Bertz CT molecular complexity index is 904. The molecule has 0 spiro atoms. The molecule has 0 aliphatic carbocycles. The first-order valence-electron chi connectivity index (χ1n) is 7.47. The number of hydrogen-bond donors (Lipinski definition) is 2. The second-order valence-electron chi connectivity index (χ2n) is 5.20. The monoisotopic (exact) mass is 370 g/mol. The third-order valence-electron chi connectivity index (χ3n) is 3.32. The molecule has 0 saturated carbocycles. The summed E-state index contributed by atoms with van der Waals surface area (Å²) in [6.07, 6.45) is 3.33. The van der Waals surface area contributed by atoms with Crippen molar-refractivity contribution in [3.8, 4) is 0 Å². The number of nitrogens with two attached hydrogens (primary N) is 1. The second-order valence-corrected chi connectivity index (χ2v) is 6.60. The lowest BCUT2D eigenvalue weighted by Crippen LogP contribution is -2.13. The fourth-order valence-corrected chi connectivity index (χ4v) is 3.30. The Balaban J connectivity index is 1.75. The molecule has 0 aliphatic rings. The Hall–Kier alpha value is -2.57. The fraction of sp³-hybridized carbons (Fsp3) is 0.0556. The number of rotatable bonds is 5. The van der Waals surface area contributed by atoms with E-state index in [0.717, 1.165) is 5.56 Å². The van der Waals surface area contributed by atoms with Crippen LogP contribution in [0.5, 0.6) is 0 Å². The molecule has 0 aliphatic heterocycles. The van der Waals surface area contributed by atoms with Gasteiger partial charge in [-0.05, 0) is 48.0 Å². The number of carbonyl (C=O) groups is 1. The topological polar surface area (TPSA) is 80.9 Å². The van der Waals surface area contributed by atoms with E-state index < -0.39 is 0 Å². The van der Waals surface area contributed by atoms with Crippen LogP contribution < -0.4 is 11.1 Å². The number of pyridine rings is 2. The summed E-state index contributed by atoms with van der Waals surface area (Å²) in [4.78, 5) is 20.9. The number of hydrogen-bond acceptors (Lipinski definition) is 5. The molecule has 7 heteroatoms. The Morgan fingerprint density at radius 2 is 2.00 bits per heavy atom. The van der Waals surface area contributed by atoms with Crippen molar-refractivity contribution in [1.29, 1.82) is 0 Å². The summed E-state index contributed by atoms with van der Waals surface area (Å²) in [5.74, 6) is 0.881. The number of benzene rings is 1. The largest absolute Gasteiger partial charge is 0.384 e. The van der Waals surface area contributed by atoms with Crippen LogP contribution in [-0.4, -0.2) is 15.9 Å². The highest BCUT2D eigenvalue weighted by Crippen LogP contribution is 2.25. The highest BCUT2D eigenvalue weighted by molar-refractivity contribution is 7.98. The van der Waals surface area contributed by atoms with Crippen molar-refractivity contribution in [3.05, 3.63) is 77.1 Å². The SMILES string of the molecule is Nc1cc(CSc2ncccc2C(=O)Nc2cccc(Cl)c2)ccn1. The minimum Gasteiger partial charge on any atom is -0.384 e. The maximum absolute atomic E-state index is 12.6. The second kappa shape index (κ2) is 8.00. The number of aromatic nitrogens is 2. The smallest absolute Gasteiger partial charge is 0.258 e. The fourth-order valence-electron chi connectivity index (χ4n) is 2.18. The molecule has 2 heterocycles. The normalized spacial score (nSPS) is 10.4. The molecule has 1 aromatic carbocycles. The molecule has 126 valence electrons. The first-order valence-corrected chi connectivity index (χ1v) is 8.83. The lowest BCUT2D eigenvalue weighted by Gasteiger charge is -2.09. The van der Waals surface area contributed by atoms with E-state index in [1.54, 1.807) is 48.8 Å². The maximum atomic E-state index is 12.6. The third-order valence-corrected chi connectivity index (χ3v) is 4.63. The van der Waals surface area contributed by atoms with E-state index in [1.807, 2.05) is 12.1 Å². The standard InChI is InChI=1S/C18H15ClN4OS/c19-13-3-1-4-14(10-13)23-17(24)15-5-2-7-22-18(15)25-11-12-6-8-21-16(20)9-12/h1-10H,11H2,(H2,20,21)(H,23,24). The zero-order chi connectivity index (χ0) is 17.6. The summed E-state index contributed by atoms with van der Waals surface area (Å²) >= 11 is 7.42. The van der Waals surface area contributed by atoms with Crippen molar-refractivity contribution in [3.63, 3.8) is 0 Å². The molecule has 3 aromatic rings. The van der Waals surface area contributed by atoms with Crippen LogP contribution in [0, 0.1) is 0 Å². The van der Waals surface area contributed by atoms with Crippen molar-refractivity contribution in [2.45, 2.75) is 10.8 Å². The van der Waals surface area contributed by atoms with Crippen molar-refractivity contribution < 1.29 is 4.79 Å². The highest BCUT2D eigenvalue weighted by atomic mass is 35.5. The molecule has 0 bridgehead atoms. The van der Waals surface area contributed by atoms with Crippen LogP contribution >= 0.6 is 23.4 Å². The van der Waals surface area contributed by atoms with E-state index >= 15 is 0 Å². The Morgan fingerprint density at radius 1 is 1.12 bits per heavy atom. The van der Waals surface area contributed by atoms with Gasteiger partial charge in [-0.15, -0.1) is 11.8 Å². The van der Waals surface area contributed by atoms with Gasteiger partial charge in [0.1, 0.15) is 10.8 Å². The van der Waals surface area contributed by atoms with E-state index in [0.29, 0.717) is 32.9 Å². The van der Waals surface area contributed by atoms with Gasteiger partial charge in [0.25, 0.3) is 5.91 Å². The van der Waals surface area contributed by atoms with E-state index in [9.17, 15) is 4.79 Å². The van der Waals surface area contributed by atoms with Gasteiger partial charge in [0.05, 0.1) is 5.56 Å². The van der Waals surface area contributed by atoms with E-state index in [1.165, 1.54) is 11.8 Å². The number of nitrogens with one attached hydrogen (secondary N) is 1. The highest BCUT2D eigenvalue weighted by Gasteiger charge is 2.13. The van der Waals surface area contributed by atoms with Crippen LogP contribution in [0.4, 0.5) is 11.5 Å². The number of halogens is 1. The molecule has 3 rings (SSSR count). The minimum atomic E-state index is -0.230. The van der Waals surface area contributed by atoms with Gasteiger partial charge in [0, 0.05) is 28.9 Å². The molecular formula is C18H15ClN4OS. The van der Waals surface area contributed by atoms with Crippen LogP contribution in [0.15, 0.2) is 66.0 Å². The molecule has 3 N–H and O–H groups in total.